The van der Waals surface area contributed by atoms with Gasteiger partial charge in [0.05, 0.1) is 29.4 Å². The molecule has 1 aliphatic rings. The van der Waals surface area contributed by atoms with E-state index in [9.17, 15) is 9.59 Å². The van der Waals surface area contributed by atoms with Gasteiger partial charge in [0.2, 0.25) is 5.91 Å². The van der Waals surface area contributed by atoms with Crippen LogP contribution in [-0.2, 0) is 11.3 Å². The molecule has 168 valence electrons. The van der Waals surface area contributed by atoms with E-state index in [1.54, 1.807) is 40.8 Å². The average Bonchev–Trinajstić information content (AvgIpc) is 3.47. The first kappa shape index (κ1) is 22.6. The van der Waals surface area contributed by atoms with Gasteiger partial charge in [-0.3, -0.25) is 14.5 Å². The Balaban J connectivity index is 1.24. The van der Waals surface area contributed by atoms with E-state index in [-0.39, 0.29) is 18.4 Å². The summed E-state index contributed by atoms with van der Waals surface area (Å²) < 4.78 is 5.21. The predicted molar refractivity (Wildman–Crippen MR) is 125 cm³/mol. The summed E-state index contributed by atoms with van der Waals surface area (Å²) in [6.07, 6.45) is 1.58. The molecular formula is C21H21Cl2N5O3S. The number of hydrogen-bond acceptors (Lipinski definition) is 7. The van der Waals surface area contributed by atoms with E-state index >= 15 is 0 Å². The number of piperazine rings is 1. The molecule has 3 heterocycles. The van der Waals surface area contributed by atoms with Crippen molar-refractivity contribution in [3.8, 4) is 0 Å². The first-order chi connectivity index (χ1) is 15.5. The smallest absolute Gasteiger partial charge is 0.273 e. The Morgan fingerprint density at radius 1 is 1.12 bits per heavy atom. The van der Waals surface area contributed by atoms with Crippen LogP contribution in [0.3, 0.4) is 0 Å². The van der Waals surface area contributed by atoms with Crippen molar-refractivity contribution in [2.75, 3.05) is 38.0 Å². The second-order valence-electron chi connectivity index (χ2n) is 7.22. The Hall–Kier alpha value is -2.59. The van der Waals surface area contributed by atoms with Crippen molar-refractivity contribution >= 4 is 57.2 Å². The molecule has 11 heteroatoms. The summed E-state index contributed by atoms with van der Waals surface area (Å²) in [5, 5.41) is 9.21. The predicted octanol–water partition coefficient (Wildman–Crippen LogP) is 3.86. The fourth-order valence-electron chi connectivity index (χ4n) is 3.26. The number of hydrogen-bond donors (Lipinski definition) is 2. The fraction of sp³-hybridized carbons (Fsp3) is 0.286. The van der Waals surface area contributed by atoms with Crippen LogP contribution in [0.4, 0.5) is 10.8 Å². The van der Waals surface area contributed by atoms with Gasteiger partial charge in [0.15, 0.2) is 5.13 Å². The number of carbonyl (C=O) groups is 2. The molecule has 4 rings (SSSR count). The zero-order valence-electron chi connectivity index (χ0n) is 17.0. The van der Waals surface area contributed by atoms with Crippen molar-refractivity contribution in [1.82, 2.24) is 20.1 Å². The maximum absolute atomic E-state index is 12.8. The molecule has 0 atom stereocenters. The monoisotopic (exact) mass is 493 g/mol. The zero-order valence-corrected chi connectivity index (χ0v) is 19.3. The number of amides is 2. The van der Waals surface area contributed by atoms with Crippen molar-refractivity contribution in [3.63, 3.8) is 0 Å². The number of nitrogens with zero attached hydrogens (tertiary/aromatic N) is 3. The highest BCUT2D eigenvalue weighted by Gasteiger charge is 2.25. The van der Waals surface area contributed by atoms with Crippen molar-refractivity contribution < 1.29 is 14.0 Å². The van der Waals surface area contributed by atoms with Gasteiger partial charge < -0.3 is 20.0 Å². The molecule has 32 heavy (non-hydrogen) atoms. The van der Waals surface area contributed by atoms with E-state index in [4.69, 9.17) is 27.6 Å². The SMILES string of the molecule is O=C(CN1CCN(C(=O)c2csc(Nc3ccc(Cl)c(Cl)c3)n2)CC1)NCc1ccco1. The summed E-state index contributed by atoms with van der Waals surface area (Å²) in [6, 6.07) is 8.79. The number of nitrogens with one attached hydrogen (secondary N) is 2. The van der Waals surface area contributed by atoms with Gasteiger partial charge in [0, 0.05) is 37.2 Å². The molecule has 3 aromatic rings. The van der Waals surface area contributed by atoms with Crippen LogP contribution >= 0.6 is 34.5 Å². The van der Waals surface area contributed by atoms with Gasteiger partial charge in [-0.05, 0) is 30.3 Å². The number of rotatable bonds is 7. The van der Waals surface area contributed by atoms with Crippen molar-refractivity contribution in [2.45, 2.75) is 6.54 Å². The van der Waals surface area contributed by atoms with Gasteiger partial charge in [0.25, 0.3) is 5.91 Å². The maximum Gasteiger partial charge on any atom is 0.273 e. The van der Waals surface area contributed by atoms with Crippen LogP contribution in [0.25, 0.3) is 0 Å². The first-order valence-corrected chi connectivity index (χ1v) is 11.6. The lowest BCUT2D eigenvalue weighted by Gasteiger charge is -2.33. The summed E-state index contributed by atoms with van der Waals surface area (Å²) >= 11 is 13.3. The first-order valence-electron chi connectivity index (χ1n) is 9.96. The van der Waals surface area contributed by atoms with Gasteiger partial charge in [-0.15, -0.1) is 11.3 Å². The highest BCUT2D eigenvalue weighted by Crippen LogP contribution is 2.28. The third-order valence-corrected chi connectivity index (χ3v) is 6.46. The van der Waals surface area contributed by atoms with Crippen LogP contribution in [0.1, 0.15) is 16.2 Å². The molecule has 2 N–H and O–H groups in total. The lowest BCUT2D eigenvalue weighted by Crippen LogP contribution is -2.51. The largest absolute Gasteiger partial charge is 0.467 e. The summed E-state index contributed by atoms with van der Waals surface area (Å²) in [6.45, 7) is 2.98. The molecule has 2 amide bonds. The number of halogens is 2. The summed E-state index contributed by atoms with van der Waals surface area (Å²) in [5.41, 5.74) is 1.13. The number of anilines is 2. The molecule has 0 unspecified atom stereocenters. The highest BCUT2D eigenvalue weighted by molar-refractivity contribution is 7.14. The van der Waals surface area contributed by atoms with Gasteiger partial charge in [-0.2, -0.15) is 0 Å². The second-order valence-corrected chi connectivity index (χ2v) is 8.89. The van der Waals surface area contributed by atoms with Crippen molar-refractivity contribution in [1.29, 1.82) is 0 Å². The summed E-state index contributed by atoms with van der Waals surface area (Å²) in [7, 11) is 0. The minimum absolute atomic E-state index is 0.0707. The van der Waals surface area contributed by atoms with E-state index in [0.29, 0.717) is 59.4 Å². The Morgan fingerprint density at radius 2 is 1.94 bits per heavy atom. The summed E-state index contributed by atoms with van der Waals surface area (Å²) in [5.74, 6) is 0.522. The number of thiazole rings is 1. The number of furan rings is 1. The quantitative estimate of drug-likeness (QED) is 0.519. The van der Waals surface area contributed by atoms with Gasteiger partial charge >= 0.3 is 0 Å². The van der Waals surface area contributed by atoms with Crippen LogP contribution < -0.4 is 10.6 Å². The Labute approximate surface area is 199 Å². The molecule has 0 bridgehead atoms. The molecule has 1 aliphatic heterocycles. The number of carbonyl (C=O) groups excluding carboxylic acids is 2. The lowest BCUT2D eigenvalue weighted by atomic mass is 10.3. The van der Waals surface area contributed by atoms with Crippen LogP contribution in [0, 0.1) is 0 Å². The van der Waals surface area contributed by atoms with E-state index in [0.717, 1.165) is 5.69 Å². The minimum Gasteiger partial charge on any atom is -0.467 e. The Kier molecular flexibility index (Phi) is 7.31. The summed E-state index contributed by atoms with van der Waals surface area (Å²) in [4.78, 5) is 33.1. The average molecular weight is 494 g/mol. The molecule has 0 saturated carbocycles. The third-order valence-electron chi connectivity index (χ3n) is 4.96. The lowest BCUT2D eigenvalue weighted by molar-refractivity contribution is -0.122. The maximum atomic E-state index is 12.8. The van der Waals surface area contributed by atoms with E-state index in [2.05, 4.69) is 15.6 Å². The van der Waals surface area contributed by atoms with Crippen molar-refractivity contribution in [2.24, 2.45) is 0 Å². The highest BCUT2D eigenvalue weighted by atomic mass is 35.5. The van der Waals surface area contributed by atoms with E-state index < -0.39 is 0 Å². The van der Waals surface area contributed by atoms with Gasteiger partial charge in [-0.25, -0.2) is 4.98 Å². The molecule has 8 nitrogen and oxygen atoms in total. The third kappa shape index (κ3) is 5.80. The van der Waals surface area contributed by atoms with Crippen molar-refractivity contribution in [3.05, 3.63) is 63.5 Å². The molecule has 2 aromatic heterocycles. The topological polar surface area (TPSA) is 90.7 Å². The molecule has 0 spiro atoms. The molecule has 1 saturated heterocycles. The standard InChI is InChI=1S/C21H21Cl2N5O3S/c22-16-4-3-14(10-17(16)23)25-21-26-18(13-32-21)20(30)28-7-5-27(6-8-28)12-19(29)24-11-15-2-1-9-31-15/h1-4,9-10,13H,5-8,11-12H2,(H,24,29)(H,25,26). The molecule has 0 aliphatic carbocycles. The minimum atomic E-state index is -0.120. The van der Waals surface area contributed by atoms with Crippen LogP contribution in [-0.4, -0.2) is 59.3 Å². The van der Waals surface area contributed by atoms with Crippen LogP contribution in [0.5, 0.6) is 0 Å². The molecule has 0 radical (unpaired) electrons. The normalized spacial score (nSPS) is 14.4. The zero-order chi connectivity index (χ0) is 22.5. The number of aromatic nitrogens is 1. The molecule has 1 fully saturated rings. The van der Waals surface area contributed by atoms with Crippen LogP contribution in [0.15, 0.2) is 46.4 Å². The number of benzene rings is 1. The van der Waals surface area contributed by atoms with E-state index in [1.807, 2.05) is 11.0 Å². The molecule has 1 aromatic carbocycles. The van der Waals surface area contributed by atoms with E-state index in [1.165, 1.54) is 11.3 Å². The van der Waals surface area contributed by atoms with Gasteiger partial charge in [-0.1, -0.05) is 23.2 Å². The van der Waals surface area contributed by atoms with Gasteiger partial charge in [0.1, 0.15) is 11.5 Å². The second kappa shape index (κ2) is 10.4. The fourth-order valence-corrected chi connectivity index (χ4v) is 4.26. The Bertz CT molecular complexity index is 1080. The van der Waals surface area contributed by atoms with Crippen LogP contribution in [0.2, 0.25) is 10.0 Å². The molecular weight excluding hydrogens is 473 g/mol. The Morgan fingerprint density at radius 3 is 2.66 bits per heavy atom.